The Bertz CT molecular complexity index is 816. The molecule has 0 aliphatic carbocycles. The summed E-state index contributed by atoms with van der Waals surface area (Å²) in [6, 6.07) is 14.4. The van der Waals surface area contributed by atoms with Gasteiger partial charge in [-0.3, -0.25) is 0 Å². The molecule has 0 N–H and O–H groups in total. The number of halogens is 3. The molecular weight excluding hydrogens is 305 g/mol. The van der Waals surface area contributed by atoms with Gasteiger partial charge >= 0.3 is 0 Å². The first-order chi connectivity index (χ1) is 11.1. The molecule has 0 saturated heterocycles. The second-order valence-corrected chi connectivity index (χ2v) is 4.85. The number of benzene rings is 2. The molecule has 0 fully saturated rings. The van der Waals surface area contributed by atoms with E-state index in [-0.39, 0.29) is 11.4 Å². The third-order valence-corrected chi connectivity index (χ3v) is 3.40. The molecule has 0 unspecified atom stereocenters. The maximum absolute atomic E-state index is 13.9. The summed E-state index contributed by atoms with van der Waals surface area (Å²) in [7, 11) is 1.36. The molecule has 3 nitrogen and oxygen atoms in total. The van der Waals surface area contributed by atoms with Crippen LogP contribution in [0.2, 0.25) is 0 Å². The van der Waals surface area contributed by atoms with Crippen molar-refractivity contribution in [1.29, 1.82) is 0 Å². The quantitative estimate of drug-likeness (QED) is 0.701. The van der Waals surface area contributed by atoms with Gasteiger partial charge in [-0.2, -0.15) is 5.10 Å². The van der Waals surface area contributed by atoms with Crippen LogP contribution >= 0.6 is 0 Å². The molecule has 0 aliphatic heterocycles. The van der Waals surface area contributed by atoms with Crippen LogP contribution in [-0.4, -0.2) is 16.9 Å². The minimum Gasteiger partial charge on any atom is -0.494 e. The Kier molecular flexibility index (Phi) is 4.06. The van der Waals surface area contributed by atoms with E-state index in [4.69, 9.17) is 4.74 Å². The van der Waals surface area contributed by atoms with Gasteiger partial charge in [-0.15, -0.1) is 0 Å². The summed E-state index contributed by atoms with van der Waals surface area (Å²) in [5.41, 5.74) is 1.07. The van der Waals surface area contributed by atoms with E-state index in [1.807, 2.05) is 6.07 Å². The molecule has 0 saturated carbocycles. The summed E-state index contributed by atoms with van der Waals surface area (Å²) in [5, 5.41) is 3.94. The van der Waals surface area contributed by atoms with Crippen LogP contribution in [0.3, 0.4) is 0 Å². The fraction of sp³-hybridized carbons (Fsp3) is 0.118. The van der Waals surface area contributed by atoms with Crippen molar-refractivity contribution in [1.82, 2.24) is 9.78 Å². The van der Waals surface area contributed by atoms with E-state index in [0.717, 1.165) is 0 Å². The first-order valence-electron chi connectivity index (χ1n) is 6.87. The minimum atomic E-state index is -2.71. The smallest absolute Gasteiger partial charge is 0.282 e. The lowest BCUT2D eigenvalue weighted by atomic mass is 10.1. The highest BCUT2D eigenvalue weighted by Gasteiger charge is 2.18. The van der Waals surface area contributed by atoms with Gasteiger partial charge in [-0.1, -0.05) is 18.2 Å². The van der Waals surface area contributed by atoms with Crippen LogP contribution in [0.15, 0.2) is 54.6 Å². The van der Waals surface area contributed by atoms with Gasteiger partial charge in [0.2, 0.25) is 0 Å². The Hall–Kier alpha value is -2.76. The monoisotopic (exact) mass is 318 g/mol. The van der Waals surface area contributed by atoms with Crippen LogP contribution in [-0.2, 0) is 0 Å². The molecule has 0 aliphatic rings. The highest BCUT2D eigenvalue weighted by atomic mass is 19.3. The van der Waals surface area contributed by atoms with Gasteiger partial charge in [0.1, 0.15) is 5.69 Å². The van der Waals surface area contributed by atoms with Crippen LogP contribution in [0.1, 0.15) is 12.1 Å². The molecule has 3 aromatic rings. The van der Waals surface area contributed by atoms with Gasteiger partial charge < -0.3 is 4.74 Å². The van der Waals surface area contributed by atoms with Crippen LogP contribution in [0.25, 0.3) is 16.9 Å². The molecule has 1 aromatic heterocycles. The van der Waals surface area contributed by atoms with Crippen molar-refractivity contribution in [2.75, 3.05) is 7.11 Å². The number of rotatable bonds is 4. The lowest BCUT2D eigenvalue weighted by Gasteiger charge is -2.09. The van der Waals surface area contributed by atoms with Gasteiger partial charge in [-0.25, -0.2) is 17.9 Å². The molecule has 23 heavy (non-hydrogen) atoms. The minimum absolute atomic E-state index is 0.0913. The van der Waals surface area contributed by atoms with Gasteiger partial charge in [0, 0.05) is 5.56 Å². The molecule has 0 amide bonds. The van der Waals surface area contributed by atoms with Crippen LogP contribution < -0.4 is 4.74 Å². The van der Waals surface area contributed by atoms with E-state index in [1.54, 1.807) is 30.3 Å². The molecule has 0 atom stereocenters. The summed E-state index contributed by atoms with van der Waals surface area (Å²) in [6.45, 7) is 0. The van der Waals surface area contributed by atoms with Gasteiger partial charge in [0.15, 0.2) is 11.6 Å². The van der Waals surface area contributed by atoms with Crippen molar-refractivity contribution in [2.45, 2.75) is 6.43 Å². The molecule has 0 spiro atoms. The fourth-order valence-corrected chi connectivity index (χ4v) is 2.30. The summed E-state index contributed by atoms with van der Waals surface area (Å²) in [4.78, 5) is 0. The van der Waals surface area contributed by atoms with Crippen molar-refractivity contribution in [3.63, 3.8) is 0 Å². The number of hydrogen-bond acceptors (Lipinski definition) is 2. The molecule has 0 radical (unpaired) electrons. The zero-order chi connectivity index (χ0) is 16.4. The highest BCUT2D eigenvalue weighted by Crippen LogP contribution is 2.30. The van der Waals surface area contributed by atoms with Gasteiger partial charge in [0.05, 0.1) is 18.5 Å². The number of ether oxygens (including phenoxy) is 1. The number of alkyl halides is 2. The van der Waals surface area contributed by atoms with E-state index in [1.165, 1.54) is 30.0 Å². The maximum atomic E-state index is 13.9. The van der Waals surface area contributed by atoms with Crippen LogP contribution in [0, 0.1) is 5.82 Å². The first kappa shape index (κ1) is 15.1. The summed E-state index contributed by atoms with van der Waals surface area (Å²) >= 11 is 0. The molecule has 118 valence electrons. The highest BCUT2D eigenvalue weighted by molar-refractivity contribution is 5.64. The van der Waals surface area contributed by atoms with Crippen molar-refractivity contribution < 1.29 is 17.9 Å². The second kappa shape index (κ2) is 6.16. The Morgan fingerprint density at radius 1 is 1.04 bits per heavy atom. The summed E-state index contributed by atoms with van der Waals surface area (Å²) in [5.74, 6) is -0.474. The fourth-order valence-electron chi connectivity index (χ4n) is 2.30. The number of nitrogens with zero attached hydrogens (tertiary/aromatic N) is 2. The number of para-hydroxylation sites is 1. The molecule has 2 aromatic carbocycles. The standard InChI is InChI=1S/C17H13F3N2O/c1-23-16-8-7-11(9-13(16)18)15-10-14(17(19)20)21-22(15)12-5-3-2-4-6-12/h2-10,17H,1H3. The van der Waals surface area contributed by atoms with Crippen molar-refractivity contribution in [3.05, 3.63) is 66.1 Å². The Balaban J connectivity index is 2.16. The third kappa shape index (κ3) is 2.92. The first-order valence-corrected chi connectivity index (χ1v) is 6.87. The molecule has 1 heterocycles. The second-order valence-electron chi connectivity index (χ2n) is 4.85. The SMILES string of the molecule is COc1ccc(-c2cc(C(F)F)nn2-c2ccccc2)cc1F. The Morgan fingerprint density at radius 2 is 1.78 bits per heavy atom. The largest absolute Gasteiger partial charge is 0.494 e. The number of hydrogen-bond donors (Lipinski definition) is 0. The summed E-state index contributed by atoms with van der Waals surface area (Å²) in [6.07, 6.45) is -2.71. The van der Waals surface area contributed by atoms with Crippen molar-refractivity contribution in [3.8, 4) is 22.7 Å². The number of aromatic nitrogens is 2. The van der Waals surface area contributed by atoms with Gasteiger partial charge in [-0.05, 0) is 36.4 Å². The van der Waals surface area contributed by atoms with E-state index in [9.17, 15) is 13.2 Å². The van der Waals surface area contributed by atoms with E-state index < -0.39 is 12.2 Å². The van der Waals surface area contributed by atoms with E-state index >= 15 is 0 Å². The summed E-state index contributed by atoms with van der Waals surface area (Å²) < 4.78 is 46.2. The molecule has 0 bridgehead atoms. The predicted octanol–water partition coefficient (Wildman–Crippen LogP) is 4.62. The zero-order valence-electron chi connectivity index (χ0n) is 12.2. The van der Waals surface area contributed by atoms with Crippen molar-refractivity contribution in [2.24, 2.45) is 0 Å². The predicted molar refractivity (Wildman–Crippen MR) is 80.5 cm³/mol. The zero-order valence-corrected chi connectivity index (χ0v) is 12.2. The average Bonchev–Trinajstić information content (AvgIpc) is 3.01. The van der Waals surface area contributed by atoms with Gasteiger partial charge in [0.25, 0.3) is 6.43 Å². The molecular formula is C17H13F3N2O. The molecule has 6 heteroatoms. The van der Waals surface area contributed by atoms with E-state index in [0.29, 0.717) is 16.9 Å². The lowest BCUT2D eigenvalue weighted by Crippen LogP contribution is -2.00. The average molecular weight is 318 g/mol. The Morgan fingerprint density at radius 3 is 2.39 bits per heavy atom. The topological polar surface area (TPSA) is 27.1 Å². The van der Waals surface area contributed by atoms with Crippen molar-refractivity contribution >= 4 is 0 Å². The normalized spacial score (nSPS) is 11.0. The Labute approximate surface area is 130 Å². The van der Waals surface area contributed by atoms with Crippen LogP contribution in [0.5, 0.6) is 5.75 Å². The number of methoxy groups -OCH3 is 1. The third-order valence-electron chi connectivity index (χ3n) is 3.40. The maximum Gasteiger partial charge on any atom is 0.282 e. The van der Waals surface area contributed by atoms with E-state index in [2.05, 4.69) is 5.10 Å². The lowest BCUT2D eigenvalue weighted by molar-refractivity contribution is 0.145. The molecule has 3 rings (SSSR count). The van der Waals surface area contributed by atoms with Crippen LogP contribution in [0.4, 0.5) is 13.2 Å².